The quantitative estimate of drug-likeness (QED) is 0.727. The highest BCUT2D eigenvalue weighted by molar-refractivity contribution is 5.95. The van der Waals surface area contributed by atoms with Crippen LogP contribution in [0.4, 0.5) is 5.69 Å². The summed E-state index contributed by atoms with van der Waals surface area (Å²) < 4.78 is 6.68. The third kappa shape index (κ3) is 4.14. The predicted octanol–water partition coefficient (Wildman–Crippen LogP) is 3.45. The summed E-state index contributed by atoms with van der Waals surface area (Å²) in [7, 11) is 1.32. The molecule has 126 valence electrons. The van der Waals surface area contributed by atoms with Gasteiger partial charge in [-0.2, -0.15) is 0 Å². The molecule has 0 aliphatic rings. The fraction of sp³-hybridized carbons (Fsp3) is 0.100. The van der Waals surface area contributed by atoms with E-state index < -0.39 is 5.97 Å². The molecule has 0 spiro atoms. The van der Waals surface area contributed by atoms with E-state index in [1.54, 1.807) is 24.3 Å². The maximum atomic E-state index is 12.2. The molecule has 0 radical (unpaired) electrons. The predicted molar refractivity (Wildman–Crippen MR) is 95.9 cm³/mol. The number of nitrogens with zero attached hydrogens (tertiary/aromatic N) is 1. The smallest absolute Gasteiger partial charge is 0.337 e. The van der Waals surface area contributed by atoms with Gasteiger partial charge < -0.3 is 14.6 Å². The van der Waals surface area contributed by atoms with Crippen LogP contribution in [0.25, 0.3) is 5.69 Å². The lowest BCUT2D eigenvalue weighted by atomic mass is 10.1. The standard InChI is InChI=1S/C20H18N2O3/c1-25-20(24)16-5-4-6-17(14-16)21-19(23)13-15-7-9-18(10-8-15)22-11-2-3-12-22/h2-12,14H,13H2,1H3,(H,21,23). The van der Waals surface area contributed by atoms with Crippen molar-refractivity contribution in [3.63, 3.8) is 0 Å². The first kappa shape index (κ1) is 16.5. The SMILES string of the molecule is COC(=O)c1cccc(NC(=O)Cc2ccc(-n3cccc3)cc2)c1. The van der Waals surface area contributed by atoms with Crippen LogP contribution in [-0.4, -0.2) is 23.6 Å². The summed E-state index contributed by atoms with van der Waals surface area (Å²) in [5, 5.41) is 2.80. The number of anilines is 1. The van der Waals surface area contributed by atoms with Crippen molar-refractivity contribution >= 4 is 17.6 Å². The Balaban J connectivity index is 1.64. The Kier molecular flexibility index (Phi) is 4.95. The number of aromatic nitrogens is 1. The number of rotatable bonds is 5. The molecule has 0 bridgehead atoms. The number of amides is 1. The fourth-order valence-electron chi connectivity index (χ4n) is 2.52. The van der Waals surface area contributed by atoms with Crippen molar-refractivity contribution in [1.29, 1.82) is 0 Å². The van der Waals surface area contributed by atoms with Crippen LogP contribution in [0.5, 0.6) is 0 Å². The van der Waals surface area contributed by atoms with Crippen LogP contribution >= 0.6 is 0 Å². The van der Waals surface area contributed by atoms with Gasteiger partial charge in [0.1, 0.15) is 0 Å². The van der Waals surface area contributed by atoms with Crippen LogP contribution in [0.2, 0.25) is 0 Å². The Hall–Kier alpha value is -3.34. The maximum Gasteiger partial charge on any atom is 0.337 e. The van der Waals surface area contributed by atoms with Crippen LogP contribution in [0.15, 0.2) is 73.1 Å². The third-order valence-corrected chi connectivity index (χ3v) is 3.77. The maximum absolute atomic E-state index is 12.2. The number of methoxy groups -OCH3 is 1. The zero-order valence-corrected chi connectivity index (χ0v) is 13.8. The zero-order chi connectivity index (χ0) is 17.6. The van der Waals surface area contributed by atoms with Crippen molar-refractivity contribution in [2.24, 2.45) is 0 Å². The van der Waals surface area contributed by atoms with Crippen LogP contribution in [0, 0.1) is 0 Å². The van der Waals surface area contributed by atoms with E-state index in [9.17, 15) is 9.59 Å². The summed E-state index contributed by atoms with van der Waals surface area (Å²) in [5.41, 5.74) is 2.92. The number of carbonyl (C=O) groups excluding carboxylic acids is 2. The van der Waals surface area contributed by atoms with E-state index in [0.29, 0.717) is 11.3 Å². The van der Waals surface area contributed by atoms with Crippen molar-refractivity contribution in [3.8, 4) is 5.69 Å². The van der Waals surface area contributed by atoms with E-state index in [1.807, 2.05) is 53.4 Å². The minimum atomic E-state index is -0.434. The first-order valence-electron chi connectivity index (χ1n) is 7.86. The van der Waals surface area contributed by atoms with E-state index >= 15 is 0 Å². The average molecular weight is 334 g/mol. The highest BCUT2D eigenvalue weighted by atomic mass is 16.5. The summed E-state index contributed by atoms with van der Waals surface area (Å²) in [6.07, 6.45) is 4.19. The fourth-order valence-corrected chi connectivity index (χ4v) is 2.52. The zero-order valence-electron chi connectivity index (χ0n) is 13.8. The van der Waals surface area contributed by atoms with Gasteiger partial charge in [0, 0.05) is 23.8 Å². The molecule has 25 heavy (non-hydrogen) atoms. The molecule has 3 aromatic rings. The van der Waals surface area contributed by atoms with Gasteiger partial charge >= 0.3 is 5.97 Å². The molecular weight excluding hydrogens is 316 g/mol. The molecule has 0 unspecified atom stereocenters. The van der Waals surface area contributed by atoms with Gasteiger partial charge in [-0.1, -0.05) is 18.2 Å². The number of nitrogens with one attached hydrogen (secondary N) is 1. The van der Waals surface area contributed by atoms with Crippen molar-refractivity contribution in [2.75, 3.05) is 12.4 Å². The van der Waals surface area contributed by atoms with Gasteiger partial charge in [-0.05, 0) is 48.0 Å². The van der Waals surface area contributed by atoms with E-state index in [4.69, 9.17) is 0 Å². The van der Waals surface area contributed by atoms with Gasteiger partial charge in [0.05, 0.1) is 19.1 Å². The van der Waals surface area contributed by atoms with Crippen molar-refractivity contribution in [3.05, 3.63) is 84.2 Å². The van der Waals surface area contributed by atoms with Crippen molar-refractivity contribution < 1.29 is 14.3 Å². The number of esters is 1. The highest BCUT2D eigenvalue weighted by Crippen LogP contribution is 2.14. The summed E-state index contributed by atoms with van der Waals surface area (Å²) in [4.78, 5) is 23.7. The largest absolute Gasteiger partial charge is 0.465 e. The lowest BCUT2D eigenvalue weighted by Gasteiger charge is -2.08. The number of ether oxygens (including phenoxy) is 1. The highest BCUT2D eigenvalue weighted by Gasteiger charge is 2.08. The van der Waals surface area contributed by atoms with Gasteiger partial charge in [0.2, 0.25) is 5.91 Å². The second kappa shape index (κ2) is 7.49. The minimum absolute atomic E-state index is 0.143. The van der Waals surface area contributed by atoms with Gasteiger partial charge in [0.15, 0.2) is 0 Å². The molecule has 2 aromatic carbocycles. The molecule has 0 aliphatic heterocycles. The lowest BCUT2D eigenvalue weighted by molar-refractivity contribution is -0.115. The molecule has 3 rings (SSSR count). The van der Waals surface area contributed by atoms with Crippen LogP contribution < -0.4 is 5.32 Å². The summed E-state index contributed by atoms with van der Waals surface area (Å²) >= 11 is 0. The molecule has 0 fully saturated rings. The Labute approximate surface area is 145 Å². The van der Waals surface area contributed by atoms with Crippen LogP contribution in [-0.2, 0) is 16.0 Å². The van der Waals surface area contributed by atoms with Crippen molar-refractivity contribution in [2.45, 2.75) is 6.42 Å². The molecule has 1 N–H and O–H groups in total. The van der Waals surface area contributed by atoms with Gasteiger partial charge in [-0.3, -0.25) is 4.79 Å². The molecule has 1 amide bonds. The molecule has 5 nitrogen and oxygen atoms in total. The summed E-state index contributed by atoms with van der Waals surface area (Å²) in [5.74, 6) is -0.576. The number of hydrogen-bond acceptors (Lipinski definition) is 3. The van der Waals surface area contributed by atoms with Crippen LogP contribution in [0.3, 0.4) is 0 Å². The van der Waals surface area contributed by atoms with E-state index in [-0.39, 0.29) is 12.3 Å². The van der Waals surface area contributed by atoms with E-state index in [2.05, 4.69) is 10.1 Å². The Morgan fingerprint density at radius 2 is 1.72 bits per heavy atom. The molecule has 1 heterocycles. The van der Waals surface area contributed by atoms with Crippen LogP contribution in [0.1, 0.15) is 15.9 Å². The molecule has 0 aliphatic carbocycles. The number of carbonyl (C=O) groups is 2. The minimum Gasteiger partial charge on any atom is -0.465 e. The third-order valence-electron chi connectivity index (χ3n) is 3.77. The Morgan fingerprint density at radius 3 is 2.40 bits per heavy atom. The molecule has 5 heteroatoms. The monoisotopic (exact) mass is 334 g/mol. The number of benzene rings is 2. The molecular formula is C20H18N2O3. The van der Waals surface area contributed by atoms with Crippen molar-refractivity contribution in [1.82, 2.24) is 4.57 Å². The van der Waals surface area contributed by atoms with E-state index in [1.165, 1.54) is 7.11 Å². The Bertz CT molecular complexity index is 868. The average Bonchev–Trinajstić information content (AvgIpc) is 3.16. The second-order valence-electron chi connectivity index (χ2n) is 5.55. The number of hydrogen-bond donors (Lipinski definition) is 1. The topological polar surface area (TPSA) is 60.3 Å². The summed E-state index contributed by atoms with van der Waals surface area (Å²) in [6, 6.07) is 18.4. The Morgan fingerprint density at radius 1 is 1.00 bits per heavy atom. The van der Waals surface area contributed by atoms with Gasteiger partial charge in [-0.25, -0.2) is 4.79 Å². The molecule has 0 saturated heterocycles. The first-order valence-corrected chi connectivity index (χ1v) is 7.86. The normalized spacial score (nSPS) is 10.3. The lowest BCUT2D eigenvalue weighted by Crippen LogP contribution is -2.15. The summed E-state index contributed by atoms with van der Waals surface area (Å²) in [6.45, 7) is 0. The molecule has 0 atom stereocenters. The first-order chi connectivity index (χ1) is 12.2. The van der Waals surface area contributed by atoms with Gasteiger partial charge in [-0.15, -0.1) is 0 Å². The van der Waals surface area contributed by atoms with E-state index in [0.717, 1.165) is 11.3 Å². The molecule has 0 saturated carbocycles. The molecule has 1 aromatic heterocycles. The van der Waals surface area contributed by atoms with Gasteiger partial charge in [0.25, 0.3) is 0 Å². The second-order valence-corrected chi connectivity index (χ2v) is 5.55.